The molecular weight excluding hydrogens is 224 g/mol. The second-order valence-electron chi connectivity index (χ2n) is 3.77. The zero-order valence-corrected chi connectivity index (χ0v) is 8.99. The van der Waals surface area contributed by atoms with Crippen LogP contribution in [0, 0.1) is 0 Å². The molecule has 0 unspecified atom stereocenters. The Morgan fingerprint density at radius 3 is 1.29 bits per heavy atom. The monoisotopic (exact) mass is 234 g/mol. The fourth-order valence-corrected chi connectivity index (χ4v) is 4.44. The van der Waals surface area contributed by atoms with E-state index in [4.69, 9.17) is 10.2 Å². The quantitative estimate of drug-likeness (QED) is 0.704. The lowest BCUT2D eigenvalue weighted by atomic mass is 10.4. The number of aliphatic carboxylic acids is 2. The van der Waals surface area contributed by atoms with E-state index in [-0.39, 0.29) is 0 Å². The molecule has 0 spiro atoms. The van der Waals surface area contributed by atoms with E-state index >= 15 is 0 Å². The average Bonchev–Trinajstić information content (AvgIpc) is 2.99. The van der Waals surface area contributed by atoms with E-state index in [0.29, 0.717) is 25.7 Å². The molecule has 2 aliphatic rings. The van der Waals surface area contributed by atoms with E-state index < -0.39 is 21.4 Å². The van der Waals surface area contributed by atoms with Gasteiger partial charge in [0.05, 0.1) is 0 Å². The molecule has 0 heterocycles. The Morgan fingerprint density at radius 2 is 1.14 bits per heavy atom. The summed E-state index contributed by atoms with van der Waals surface area (Å²) in [6.07, 6.45) is 2.65. The predicted octanol–water partition coefficient (Wildman–Crippen LogP) is 1.60. The highest BCUT2D eigenvalue weighted by atomic mass is 33.1. The van der Waals surface area contributed by atoms with Crippen molar-refractivity contribution >= 4 is 33.5 Å². The first-order valence-corrected chi connectivity index (χ1v) is 6.49. The van der Waals surface area contributed by atoms with Crippen molar-refractivity contribution in [3.8, 4) is 0 Å². The normalized spacial score (nSPS) is 25.4. The van der Waals surface area contributed by atoms with Crippen LogP contribution in [0.1, 0.15) is 25.7 Å². The van der Waals surface area contributed by atoms with Crippen molar-refractivity contribution in [1.82, 2.24) is 0 Å². The molecular formula is C8H10O4S2. The summed E-state index contributed by atoms with van der Waals surface area (Å²) in [4.78, 5) is 21.6. The van der Waals surface area contributed by atoms with Gasteiger partial charge in [0.1, 0.15) is 9.49 Å². The Kier molecular flexibility index (Phi) is 2.23. The van der Waals surface area contributed by atoms with E-state index in [1.165, 1.54) is 21.6 Å². The summed E-state index contributed by atoms with van der Waals surface area (Å²) >= 11 is 0. The Bertz CT molecular complexity index is 264. The van der Waals surface area contributed by atoms with Gasteiger partial charge in [0, 0.05) is 0 Å². The standard InChI is InChI=1S/C8H10O4S2/c9-5(10)7(1-2-7)13-14-8(3-4-8)6(11)12/h1-4H2,(H,9,10)(H,11,12). The molecule has 2 rings (SSSR count). The maximum Gasteiger partial charge on any atom is 0.320 e. The molecule has 0 aromatic heterocycles. The molecule has 6 heteroatoms. The molecule has 78 valence electrons. The van der Waals surface area contributed by atoms with Crippen LogP contribution in [-0.2, 0) is 9.59 Å². The summed E-state index contributed by atoms with van der Waals surface area (Å²) in [7, 11) is 2.46. The molecule has 0 radical (unpaired) electrons. The average molecular weight is 234 g/mol. The second-order valence-corrected chi connectivity index (χ2v) is 6.66. The summed E-state index contributed by atoms with van der Waals surface area (Å²) in [6.45, 7) is 0. The molecule has 0 saturated heterocycles. The number of carbonyl (C=O) groups is 2. The molecule has 2 fully saturated rings. The highest BCUT2D eigenvalue weighted by Crippen LogP contribution is 2.62. The Labute approximate surface area is 88.8 Å². The third-order valence-corrected chi connectivity index (χ3v) is 6.60. The van der Waals surface area contributed by atoms with Crippen LogP contribution in [-0.4, -0.2) is 31.6 Å². The van der Waals surface area contributed by atoms with E-state index in [9.17, 15) is 9.59 Å². The minimum absolute atomic E-state index is 0.662. The topological polar surface area (TPSA) is 74.6 Å². The van der Waals surface area contributed by atoms with Gasteiger partial charge in [-0.15, -0.1) is 0 Å². The highest BCUT2D eigenvalue weighted by molar-refractivity contribution is 8.78. The Hall–Kier alpha value is -0.360. The van der Waals surface area contributed by atoms with Crippen molar-refractivity contribution in [2.24, 2.45) is 0 Å². The van der Waals surface area contributed by atoms with Crippen LogP contribution in [0.5, 0.6) is 0 Å². The van der Waals surface area contributed by atoms with Gasteiger partial charge in [-0.25, -0.2) is 0 Å². The van der Waals surface area contributed by atoms with Crippen molar-refractivity contribution in [3.63, 3.8) is 0 Å². The zero-order chi connectivity index (χ0) is 10.4. The molecule has 2 N–H and O–H groups in total. The SMILES string of the molecule is O=C(O)C1(SSC2(C(=O)O)CC2)CC1. The van der Waals surface area contributed by atoms with Crippen LogP contribution < -0.4 is 0 Å². The first-order valence-electron chi connectivity index (χ1n) is 4.34. The Balaban J connectivity index is 1.89. The molecule has 0 aromatic carbocycles. The fraction of sp³-hybridized carbons (Fsp3) is 0.750. The van der Waals surface area contributed by atoms with Crippen molar-refractivity contribution in [2.45, 2.75) is 35.2 Å². The number of hydrogen-bond donors (Lipinski definition) is 2. The van der Waals surface area contributed by atoms with Crippen LogP contribution in [0.2, 0.25) is 0 Å². The minimum Gasteiger partial charge on any atom is -0.480 e. The van der Waals surface area contributed by atoms with Crippen molar-refractivity contribution < 1.29 is 19.8 Å². The number of rotatable bonds is 5. The Morgan fingerprint density at radius 1 is 0.857 bits per heavy atom. The van der Waals surface area contributed by atoms with E-state index in [1.54, 1.807) is 0 Å². The van der Waals surface area contributed by atoms with Crippen LogP contribution in [0.25, 0.3) is 0 Å². The molecule has 14 heavy (non-hydrogen) atoms. The summed E-state index contributed by atoms with van der Waals surface area (Å²) < 4.78 is -1.37. The van der Waals surface area contributed by atoms with Gasteiger partial charge in [-0.05, 0) is 25.7 Å². The fourth-order valence-electron chi connectivity index (χ4n) is 1.05. The molecule has 4 nitrogen and oxygen atoms in total. The summed E-state index contributed by atoms with van der Waals surface area (Å²) in [5.41, 5.74) is 0. The van der Waals surface area contributed by atoms with Crippen molar-refractivity contribution in [3.05, 3.63) is 0 Å². The van der Waals surface area contributed by atoms with E-state index in [2.05, 4.69) is 0 Å². The molecule has 0 aromatic rings. The lowest BCUT2D eigenvalue weighted by Crippen LogP contribution is -2.20. The van der Waals surface area contributed by atoms with Crippen LogP contribution in [0.3, 0.4) is 0 Å². The minimum atomic E-state index is -0.809. The largest absolute Gasteiger partial charge is 0.480 e. The van der Waals surface area contributed by atoms with Crippen molar-refractivity contribution in [2.75, 3.05) is 0 Å². The highest BCUT2D eigenvalue weighted by Gasteiger charge is 2.57. The third-order valence-electron chi connectivity index (χ3n) is 2.55. The van der Waals surface area contributed by atoms with Gasteiger partial charge in [0.25, 0.3) is 0 Å². The first kappa shape index (κ1) is 10.2. The second kappa shape index (κ2) is 3.06. The zero-order valence-electron chi connectivity index (χ0n) is 7.36. The molecule has 2 aliphatic carbocycles. The molecule has 0 atom stereocenters. The van der Waals surface area contributed by atoms with Crippen LogP contribution in [0.4, 0.5) is 0 Å². The molecule has 2 saturated carbocycles. The van der Waals surface area contributed by atoms with E-state index in [0.717, 1.165) is 0 Å². The lowest BCUT2D eigenvalue weighted by Gasteiger charge is -2.12. The summed E-state index contributed by atoms with van der Waals surface area (Å²) in [6, 6.07) is 0. The van der Waals surface area contributed by atoms with Crippen molar-refractivity contribution in [1.29, 1.82) is 0 Å². The lowest BCUT2D eigenvalue weighted by molar-refractivity contribution is -0.138. The van der Waals surface area contributed by atoms with Gasteiger partial charge in [0.2, 0.25) is 0 Å². The van der Waals surface area contributed by atoms with E-state index in [1.807, 2.05) is 0 Å². The summed E-state index contributed by atoms with van der Waals surface area (Å²) in [5.74, 6) is -1.62. The van der Waals surface area contributed by atoms with Gasteiger partial charge in [0.15, 0.2) is 0 Å². The molecule has 0 aliphatic heterocycles. The maximum atomic E-state index is 10.8. The van der Waals surface area contributed by atoms with Gasteiger partial charge in [-0.2, -0.15) is 0 Å². The van der Waals surface area contributed by atoms with Gasteiger partial charge >= 0.3 is 11.9 Å². The van der Waals surface area contributed by atoms with Gasteiger partial charge in [-0.3, -0.25) is 9.59 Å². The van der Waals surface area contributed by atoms with Crippen LogP contribution >= 0.6 is 21.6 Å². The smallest absolute Gasteiger partial charge is 0.320 e. The third kappa shape index (κ3) is 1.61. The summed E-state index contributed by atoms with van der Waals surface area (Å²) in [5, 5.41) is 17.8. The molecule has 0 bridgehead atoms. The molecule has 0 amide bonds. The first-order chi connectivity index (χ1) is 6.51. The number of carboxylic acids is 2. The van der Waals surface area contributed by atoms with Crippen LogP contribution in [0.15, 0.2) is 0 Å². The maximum absolute atomic E-state index is 10.8. The predicted molar refractivity (Wildman–Crippen MR) is 54.4 cm³/mol. The van der Waals surface area contributed by atoms with Gasteiger partial charge in [-0.1, -0.05) is 21.6 Å². The van der Waals surface area contributed by atoms with Gasteiger partial charge < -0.3 is 10.2 Å². The number of hydrogen-bond acceptors (Lipinski definition) is 4. The number of carboxylic acid groups (broad SMARTS) is 2.